The highest BCUT2D eigenvalue weighted by atomic mass is 32.1. The summed E-state index contributed by atoms with van der Waals surface area (Å²) in [5, 5.41) is 0. The molecule has 0 amide bonds. The van der Waals surface area contributed by atoms with Crippen LogP contribution in [0.15, 0.2) is 12.3 Å². The van der Waals surface area contributed by atoms with Gasteiger partial charge in [-0.05, 0) is 19.8 Å². The molecule has 1 saturated heterocycles. The lowest BCUT2D eigenvalue weighted by Gasteiger charge is -2.33. The van der Waals surface area contributed by atoms with Crippen molar-refractivity contribution in [2.45, 2.75) is 19.8 Å². The van der Waals surface area contributed by atoms with E-state index in [0.29, 0.717) is 10.9 Å². The van der Waals surface area contributed by atoms with E-state index in [2.05, 4.69) is 11.5 Å². The lowest BCUT2D eigenvalue weighted by atomic mass is 9.97. The van der Waals surface area contributed by atoms with Gasteiger partial charge in [-0.1, -0.05) is 18.8 Å². The Balaban J connectivity index is 2.39. The van der Waals surface area contributed by atoms with Crippen molar-refractivity contribution >= 4 is 17.2 Å². The van der Waals surface area contributed by atoms with Crippen LogP contribution in [0.2, 0.25) is 0 Å². The van der Waals surface area contributed by atoms with Crippen molar-refractivity contribution in [1.82, 2.24) is 4.90 Å². The minimum absolute atomic E-state index is 0.454. The zero-order chi connectivity index (χ0) is 9.14. The van der Waals surface area contributed by atoms with E-state index in [1.54, 1.807) is 0 Å². The van der Waals surface area contributed by atoms with Crippen LogP contribution in [0.1, 0.15) is 19.8 Å². The molecule has 0 radical (unpaired) electrons. The van der Waals surface area contributed by atoms with Gasteiger partial charge in [-0.3, -0.25) is 0 Å². The summed E-state index contributed by atoms with van der Waals surface area (Å²) in [6, 6.07) is 0. The van der Waals surface area contributed by atoms with Gasteiger partial charge in [0.05, 0.1) is 4.99 Å². The van der Waals surface area contributed by atoms with Gasteiger partial charge >= 0.3 is 0 Å². The maximum absolute atomic E-state index is 5.58. The standard InChI is InChI=1S/C9H16N2S/c1-7(2)11-5-3-8(4-6-11)9(10)12/h8H,1,3-6H2,2H3,(H2,10,12). The van der Waals surface area contributed by atoms with Gasteiger partial charge < -0.3 is 10.6 Å². The van der Waals surface area contributed by atoms with Gasteiger partial charge in [0, 0.05) is 24.7 Å². The van der Waals surface area contributed by atoms with Crippen molar-refractivity contribution in [2.75, 3.05) is 13.1 Å². The van der Waals surface area contributed by atoms with E-state index in [1.807, 2.05) is 6.92 Å². The van der Waals surface area contributed by atoms with Crippen LogP contribution >= 0.6 is 12.2 Å². The third-order valence-corrected chi connectivity index (χ3v) is 2.77. The Hall–Kier alpha value is -0.570. The molecule has 1 fully saturated rings. The molecule has 2 nitrogen and oxygen atoms in total. The average Bonchev–Trinajstić information content (AvgIpc) is 2.04. The Morgan fingerprint density at radius 2 is 2.00 bits per heavy atom. The number of likely N-dealkylation sites (tertiary alicyclic amines) is 1. The third kappa shape index (κ3) is 2.21. The molecule has 0 saturated carbocycles. The predicted molar refractivity (Wildman–Crippen MR) is 55.9 cm³/mol. The minimum Gasteiger partial charge on any atom is -0.393 e. The summed E-state index contributed by atoms with van der Waals surface area (Å²) in [4.78, 5) is 2.96. The van der Waals surface area contributed by atoms with Crippen LogP contribution in [-0.4, -0.2) is 23.0 Å². The number of hydrogen-bond acceptors (Lipinski definition) is 2. The summed E-state index contributed by atoms with van der Waals surface area (Å²) in [5.74, 6) is 0.454. The second-order valence-corrected chi connectivity index (χ2v) is 3.87. The predicted octanol–water partition coefficient (Wildman–Crippen LogP) is 1.52. The first-order chi connectivity index (χ1) is 5.61. The first-order valence-electron chi connectivity index (χ1n) is 4.31. The number of nitrogens with two attached hydrogens (primary N) is 1. The van der Waals surface area contributed by atoms with Gasteiger partial charge in [0.25, 0.3) is 0 Å². The molecule has 2 N–H and O–H groups in total. The number of thiocarbonyl (C=S) groups is 1. The van der Waals surface area contributed by atoms with E-state index in [9.17, 15) is 0 Å². The first-order valence-corrected chi connectivity index (χ1v) is 4.72. The molecule has 0 spiro atoms. The van der Waals surface area contributed by atoms with Crippen molar-refractivity contribution in [3.63, 3.8) is 0 Å². The molecule has 1 aliphatic heterocycles. The van der Waals surface area contributed by atoms with Crippen LogP contribution in [0.3, 0.4) is 0 Å². The Morgan fingerprint density at radius 3 is 2.33 bits per heavy atom. The molecule has 0 bridgehead atoms. The Kier molecular flexibility index (Phi) is 3.09. The first kappa shape index (κ1) is 9.52. The van der Waals surface area contributed by atoms with E-state index >= 15 is 0 Å². The number of allylic oxidation sites excluding steroid dienone is 1. The summed E-state index contributed by atoms with van der Waals surface area (Å²) >= 11 is 4.96. The number of rotatable bonds is 2. The monoisotopic (exact) mass is 184 g/mol. The van der Waals surface area contributed by atoms with Gasteiger partial charge in [-0.15, -0.1) is 0 Å². The van der Waals surface area contributed by atoms with E-state index < -0.39 is 0 Å². The van der Waals surface area contributed by atoms with Crippen LogP contribution in [0.4, 0.5) is 0 Å². The molecular formula is C9H16N2S. The molecular weight excluding hydrogens is 168 g/mol. The Bertz CT molecular complexity index is 171. The molecule has 0 unspecified atom stereocenters. The summed E-state index contributed by atoms with van der Waals surface area (Å²) < 4.78 is 0. The van der Waals surface area contributed by atoms with Crippen molar-refractivity contribution < 1.29 is 0 Å². The third-order valence-electron chi connectivity index (χ3n) is 2.44. The number of hydrogen-bond donors (Lipinski definition) is 1. The second-order valence-electron chi connectivity index (χ2n) is 3.40. The quantitative estimate of drug-likeness (QED) is 0.660. The van der Waals surface area contributed by atoms with Gasteiger partial charge in [0.1, 0.15) is 0 Å². The van der Waals surface area contributed by atoms with Crippen LogP contribution in [-0.2, 0) is 0 Å². The maximum Gasteiger partial charge on any atom is 0.0760 e. The molecule has 0 atom stereocenters. The highest BCUT2D eigenvalue weighted by molar-refractivity contribution is 7.80. The number of piperidine rings is 1. The lowest BCUT2D eigenvalue weighted by molar-refractivity contribution is 0.262. The summed E-state index contributed by atoms with van der Waals surface area (Å²) in [6.07, 6.45) is 2.17. The van der Waals surface area contributed by atoms with Crippen LogP contribution < -0.4 is 5.73 Å². The minimum atomic E-state index is 0.454. The topological polar surface area (TPSA) is 29.3 Å². The normalized spacial score (nSPS) is 19.2. The molecule has 0 aromatic heterocycles. The summed E-state index contributed by atoms with van der Waals surface area (Å²) in [5.41, 5.74) is 6.73. The SMILES string of the molecule is C=C(C)N1CCC(C(N)=S)CC1. The van der Waals surface area contributed by atoms with Crippen molar-refractivity contribution in [3.8, 4) is 0 Å². The van der Waals surface area contributed by atoms with E-state index in [-0.39, 0.29) is 0 Å². The van der Waals surface area contributed by atoms with Crippen molar-refractivity contribution in [1.29, 1.82) is 0 Å². The molecule has 12 heavy (non-hydrogen) atoms. The van der Waals surface area contributed by atoms with Gasteiger partial charge in [-0.25, -0.2) is 0 Å². The fourth-order valence-electron chi connectivity index (χ4n) is 1.55. The molecule has 0 aromatic carbocycles. The van der Waals surface area contributed by atoms with Crippen LogP contribution in [0.5, 0.6) is 0 Å². The second kappa shape index (κ2) is 3.90. The van der Waals surface area contributed by atoms with Gasteiger partial charge in [-0.2, -0.15) is 0 Å². The average molecular weight is 184 g/mol. The van der Waals surface area contributed by atoms with E-state index in [4.69, 9.17) is 18.0 Å². The molecule has 0 aromatic rings. The number of nitrogens with zero attached hydrogens (tertiary/aromatic N) is 1. The summed E-state index contributed by atoms with van der Waals surface area (Å²) in [6.45, 7) is 8.06. The fraction of sp³-hybridized carbons (Fsp3) is 0.667. The zero-order valence-electron chi connectivity index (χ0n) is 7.55. The molecule has 1 aliphatic rings. The van der Waals surface area contributed by atoms with Crippen molar-refractivity contribution in [2.24, 2.45) is 11.7 Å². The largest absolute Gasteiger partial charge is 0.393 e. The van der Waals surface area contributed by atoms with Gasteiger partial charge in [0.15, 0.2) is 0 Å². The lowest BCUT2D eigenvalue weighted by Crippen LogP contribution is -2.36. The molecule has 68 valence electrons. The Morgan fingerprint density at radius 1 is 1.50 bits per heavy atom. The highest BCUT2D eigenvalue weighted by Gasteiger charge is 2.20. The van der Waals surface area contributed by atoms with E-state index in [0.717, 1.165) is 31.6 Å². The molecule has 0 aliphatic carbocycles. The zero-order valence-corrected chi connectivity index (χ0v) is 8.36. The highest BCUT2D eigenvalue weighted by Crippen LogP contribution is 2.19. The van der Waals surface area contributed by atoms with Crippen molar-refractivity contribution in [3.05, 3.63) is 12.3 Å². The summed E-state index contributed by atoms with van der Waals surface area (Å²) in [7, 11) is 0. The van der Waals surface area contributed by atoms with Crippen LogP contribution in [0.25, 0.3) is 0 Å². The fourth-order valence-corrected chi connectivity index (χ4v) is 1.78. The Labute approximate surface area is 79.4 Å². The molecule has 1 heterocycles. The maximum atomic E-state index is 5.58. The van der Waals surface area contributed by atoms with Gasteiger partial charge in [0.2, 0.25) is 0 Å². The molecule has 3 heteroatoms. The van der Waals surface area contributed by atoms with Crippen LogP contribution in [0, 0.1) is 5.92 Å². The smallest absolute Gasteiger partial charge is 0.0760 e. The molecule has 1 rings (SSSR count). The van der Waals surface area contributed by atoms with E-state index in [1.165, 1.54) is 0 Å².